The van der Waals surface area contributed by atoms with Gasteiger partial charge in [0.15, 0.2) is 12.4 Å². The Morgan fingerprint density at radius 2 is 1.67 bits per heavy atom. The van der Waals surface area contributed by atoms with E-state index in [1.807, 2.05) is 30.3 Å². The molecule has 2 fully saturated rings. The zero-order valence-corrected chi connectivity index (χ0v) is 27.0. The van der Waals surface area contributed by atoms with Gasteiger partial charge in [-0.1, -0.05) is 81.5 Å². The number of carbonyl (C=O) groups excluding carboxylic acids is 3. The maximum atomic E-state index is 13.7. The van der Waals surface area contributed by atoms with Crippen LogP contribution in [-0.4, -0.2) is 48.8 Å². The molecule has 0 heterocycles. The van der Waals surface area contributed by atoms with Crippen molar-refractivity contribution in [3.63, 3.8) is 0 Å². The molecule has 5 rings (SSSR count). The first kappa shape index (κ1) is 33.2. The van der Waals surface area contributed by atoms with Crippen LogP contribution in [0.5, 0.6) is 5.75 Å². The fourth-order valence-electron chi connectivity index (χ4n) is 8.14. The smallest absolute Gasteiger partial charge is 0.310 e. The Kier molecular flexibility index (Phi) is 11.7. The molecule has 244 valence electrons. The van der Waals surface area contributed by atoms with Crippen LogP contribution in [0.1, 0.15) is 99.0 Å². The number of ether oxygens (including phenoxy) is 3. The number of rotatable bonds is 14. The van der Waals surface area contributed by atoms with E-state index in [0.717, 1.165) is 75.5 Å². The van der Waals surface area contributed by atoms with E-state index in [4.69, 9.17) is 14.2 Å². The van der Waals surface area contributed by atoms with Crippen LogP contribution in [0.4, 0.5) is 0 Å². The minimum absolute atomic E-state index is 0.0178. The summed E-state index contributed by atoms with van der Waals surface area (Å²) in [6.07, 6.45) is 10.5. The van der Waals surface area contributed by atoms with Crippen LogP contribution in [0.2, 0.25) is 0 Å². The Labute approximate surface area is 268 Å². The van der Waals surface area contributed by atoms with Gasteiger partial charge < -0.3 is 19.3 Å². The monoisotopic (exact) mass is 618 g/mol. The molecule has 0 aliphatic heterocycles. The fraction of sp³-hybridized carbons (Fsp3) is 0.605. The van der Waals surface area contributed by atoms with E-state index in [2.05, 4.69) is 13.0 Å². The van der Waals surface area contributed by atoms with E-state index in [9.17, 15) is 19.5 Å². The van der Waals surface area contributed by atoms with Crippen molar-refractivity contribution in [2.75, 3.05) is 13.7 Å². The van der Waals surface area contributed by atoms with Gasteiger partial charge in [-0.05, 0) is 86.3 Å². The number of unbranched alkanes of at least 4 members (excludes halogenated alkanes) is 2. The van der Waals surface area contributed by atoms with Gasteiger partial charge in [-0.15, -0.1) is 0 Å². The van der Waals surface area contributed by atoms with E-state index in [-0.39, 0.29) is 42.5 Å². The number of aliphatic hydroxyl groups excluding tert-OH is 1. The zero-order chi connectivity index (χ0) is 31.8. The Bertz CT molecular complexity index is 1290. The lowest BCUT2D eigenvalue weighted by Gasteiger charge is -2.33. The molecule has 3 aliphatic rings. The van der Waals surface area contributed by atoms with Gasteiger partial charge in [0.1, 0.15) is 11.9 Å². The molecule has 0 bridgehead atoms. The highest BCUT2D eigenvalue weighted by molar-refractivity contribution is 5.97. The molecule has 7 heteroatoms. The normalized spacial score (nSPS) is 26.3. The first-order chi connectivity index (χ1) is 21.9. The molecule has 1 N–H and O–H groups in total. The standard InChI is InChI=1S/C38H50O7/c1-3-4-6-15-28(39)19-20-29-32-21-26-14-11-18-35(44-24-34(40)25-12-7-5-8-13-25)33(26)22-27(32)23-36(29)45-38(42)31-17-10-9-16-30(31)37(41)43-2/h5,7-8,11-14,18,27-32,36,39H,3-4,6,9-10,15-17,19-24H2,1-2H3/t27-,28-,29+,30-,31+,32-,36+/m0/s1. The van der Waals surface area contributed by atoms with E-state index >= 15 is 0 Å². The molecule has 0 saturated heterocycles. The van der Waals surface area contributed by atoms with Crippen molar-refractivity contribution in [1.82, 2.24) is 0 Å². The maximum absolute atomic E-state index is 13.7. The van der Waals surface area contributed by atoms with E-state index in [1.54, 1.807) is 12.1 Å². The Morgan fingerprint density at radius 1 is 0.911 bits per heavy atom. The topological polar surface area (TPSA) is 99.1 Å². The lowest BCUT2D eigenvalue weighted by molar-refractivity contribution is -0.166. The van der Waals surface area contributed by atoms with E-state index < -0.39 is 11.8 Å². The third-order valence-corrected chi connectivity index (χ3v) is 10.6. The Hall–Kier alpha value is -3.19. The fourth-order valence-corrected chi connectivity index (χ4v) is 8.14. The summed E-state index contributed by atoms with van der Waals surface area (Å²) < 4.78 is 17.5. The number of methoxy groups -OCH3 is 1. The molecule has 3 aliphatic carbocycles. The summed E-state index contributed by atoms with van der Waals surface area (Å²) >= 11 is 0. The second-order valence-corrected chi connectivity index (χ2v) is 13.4. The summed E-state index contributed by atoms with van der Waals surface area (Å²) in [7, 11) is 1.38. The van der Waals surface area contributed by atoms with Crippen LogP contribution in [0.15, 0.2) is 48.5 Å². The molecule has 0 aromatic heterocycles. The summed E-state index contributed by atoms with van der Waals surface area (Å²) in [6, 6.07) is 15.3. The molecular weight excluding hydrogens is 568 g/mol. The van der Waals surface area contributed by atoms with Gasteiger partial charge in [-0.3, -0.25) is 14.4 Å². The number of hydrogen-bond acceptors (Lipinski definition) is 7. The molecule has 0 radical (unpaired) electrons. The SMILES string of the molecule is CCCCC[C@H](O)CC[C@@H]1[C@H]2Cc3cccc(OCC(=O)c4ccccc4)c3C[C@H]2C[C@H]1OC(=O)[C@@H]1CCCC[C@@H]1C(=O)OC. The first-order valence-electron chi connectivity index (χ1n) is 17.2. The number of esters is 2. The Balaban J connectivity index is 1.31. The van der Waals surface area contributed by atoms with Crippen molar-refractivity contribution < 1.29 is 33.7 Å². The quantitative estimate of drug-likeness (QED) is 0.140. The van der Waals surface area contributed by atoms with Gasteiger partial charge >= 0.3 is 11.9 Å². The number of fused-ring (bicyclic) bond motifs is 2. The van der Waals surface area contributed by atoms with Crippen molar-refractivity contribution in [3.05, 3.63) is 65.2 Å². The van der Waals surface area contributed by atoms with Gasteiger partial charge in [-0.2, -0.15) is 0 Å². The zero-order valence-electron chi connectivity index (χ0n) is 27.0. The summed E-state index contributed by atoms with van der Waals surface area (Å²) in [5.41, 5.74) is 3.00. The predicted molar refractivity (Wildman–Crippen MR) is 172 cm³/mol. The molecule has 0 spiro atoms. The number of hydrogen-bond donors (Lipinski definition) is 1. The van der Waals surface area contributed by atoms with Gasteiger partial charge in [0.2, 0.25) is 0 Å². The minimum Gasteiger partial charge on any atom is -0.485 e. The first-order valence-corrected chi connectivity index (χ1v) is 17.2. The van der Waals surface area contributed by atoms with Crippen molar-refractivity contribution in [2.45, 2.75) is 103 Å². The van der Waals surface area contributed by atoms with E-state index in [0.29, 0.717) is 36.7 Å². The molecule has 2 saturated carbocycles. The highest BCUT2D eigenvalue weighted by Gasteiger charge is 2.48. The largest absolute Gasteiger partial charge is 0.485 e. The minimum atomic E-state index is -0.464. The highest BCUT2D eigenvalue weighted by atomic mass is 16.5. The summed E-state index contributed by atoms with van der Waals surface area (Å²) in [5, 5.41) is 10.8. The molecule has 45 heavy (non-hydrogen) atoms. The van der Waals surface area contributed by atoms with Crippen LogP contribution in [-0.2, 0) is 31.9 Å². The van der Waals surface area contributed by atoms with Gasteiger partial charge in [-0.25, -0.2) is 0 Å². The van der Waals surface area contributed by atoms with Crippen LogP contribution >= 0.6 is 0 Å². The van der Waals surface area contributed by atoms with Crippen molar-refractivity contribution in [1.29, 1.82) is 0 Å². The Morgan fingerprint density at radius 3 is 2.40 bits per heavy atom. The van der Waals surface area contributed by atoms with Crippen LogP contribution in [0.3, 0.4) is 0 Å². The molecule has 7 atom stereocenters. The third-order valence-electron chi connectivity index (χ3n) is 10.6. The van der Waals surface area contributed by atoms with Crippen molar-refractivity contribution in [3.8, 4) is 5.75 Å². The highest BCUT2D eigenvalue weighted by Crippen LogP contribution is 2.50. The number of ketones is 1. The molecule has 2 aromatic carbocycles. The summed E-state index contributed by atoms with van der Waals surface area (Å²) in [6.45, 7) is 2.15. The van der Waals surface area contributed by atoms with Crippen LogP contribution in [0.25, 0.3) is 0 Å². The average Bonchev–Trinajstić information content (AvgIpc) is 3.40. The summed E-state index contributed by atoms with van der Waals surface area (Å²) in [4.78, 5) is 38.9. The van der Waals surface area contributed by atoms with Gasteiger partial charge in [0, 0.05) is 5.56 Å². The number of benzene rings is 2. The maximum Gasteiger partial charge on any atom is 0.310 e. The number of aliphatic hydroxyl groups is 1. The average molecular weight is 619 g/mol. The molecule has 2 aromatic rings. The molecular formula is C38H50O7. The van der Waals surface area contributed by atoms with Crippen molar-refractivity contribution >= 4 is 17.7 Å². The van der Waals surface area contributed by atoms with Crippen LogP contribution in [0, 0.1) is 29.6 Å². The number of carbonyl (C=O) groups is 3. The molecule has 7 nitrogen and oxygen atoms in total. The van der Waals surface area contributed by atoms with Crippen molar-refractivity contribution in [2.24, 2.45) is 29.6 Å². The number of Topliss-reactive ketones (excluding diaryl/α,β-unsaturated/α-hetero) is 1. The second kappa shape index (κ2) is 15.9. The lowest BCUT2D eigenvalue weighted by Crippen LogP contribution is -2.37. The van der Waals surface area contributed by atoms with Gasteiger partial charge in [0.25, 0.3) is 0 Å². The lowest BCUT2D eigenvalue weighted by atomic mass is 9.73. The van der Waals surface area contributed by atoms with Crippen LogP contribution < -0.4 is 4.74 Å². The third kappa shape index (κ3) is 8.16. The second-order valence-electron chi connectivity index (χ2n) is 13.4. The molecule has 0 amide bonds. The summed E-state index contributed by atoms with van der Waals surface area (Å²) in [5.74, 6) is -0.0496. The van der Waals surface area contributed by atoms with E-state index in [1.165, 1.54) is 12.7 Å². The van der Waals surface area contributed by atoms with Gasteiger partial charge in [0.05, 0.1) is 25.0 Å². The predicted octanol–water partition coefficient (Wildman–Crippen LogP) is 6.91. The molecule has 0 unspecified atom stereocenters.